The summed E-state index contributed by atoms with van der Waals surface area (Å²) in [5.74, 6) is 2.59. The summed E-state index contributed by atoms with van der Waals surface area (Å²) in [5.41, 5.74) is 1.87. The molecule has 0 saturated heterocycles. The van der Waals surface area contributed by atoms with Gasteiger partial charge in [-0.25, -0.2) is 0 Å². The lowest BCUT2D eigenvalue weighted by Gasteiger charge is -2.26. The molecule has 134 valence electrons. The summed E-state index contributed by atoms with van der Waals surface area (Å²) in [7, 11) is -1.59. The zero-order valence-corrected chi connectivity index (χ0v) is 16.6. The van der Waals surface area contributed by atoms with Gasteiger partial charge in [-0.2, -0.15) is 0 Å². The molecule has 1 aliphatic rings. The lowest BCUT2D eigenvalue weighted by atomic mass is 9.81. The fraction of sp³-hybridized carbons (Fsp3) is 0.684. The standard InChI is InChI=1S/C19H30O4Si/c1-6-22-17(20)19(18(21)23-7-2,13-8-10-16-11-12-16)14-9-15-24(3,4)5/h8,10,16H,6-7,11-14H2,1-5H3/b10-8+. The highest BCUT2D eigenvalue weighted by atomic mass is 28.3. The molecule has 0 heterocycles. The Hall–Kier alpha value is -1.54. The van der Waals surface area contributed by atoms with Crippen molar-refractivity contribution in [2.75, 3.05) is 13.2 Å². The molecule has 0 aromatic heterocycles. The predicted octanol–water partition coefficient (Wildman–Crippen LogP) is 3.73. The molecule has 0 amide bonds. The van der Waals surface area contributed by atoms with Gasteiger partial charge in [-0.3, -0.25) is 9.59 Å². The highest BCUT2D eigenvalue weighted by molar-refractivity contribution is 6.83. The molecule has 1 rings (SSSR count). The van der Waals surface area contributed by atoms with Gasteiger partial charge in [-0.1, -0.05) is 31.8 Å². The summed E-state index contributed by atoms with van der Waals surface area (Å²) in [4.78, 5) is 25.2. The minimum atomic E-state index is -1.59. The Morgan fingerprint density at radius 2 is 1.67 bits per heavy atom. The zero-order valence-electron chi connectivity index (χ0n) is 15.6. The highest BCUT2D eigenvalue weighted by Gasteiger charge is 2.47. The molecule has 0 atom stereocenters. The van der Waals surface area contributed by atoms with Crippen molar-refractivity contribution in [2.45, 2.75) is 59.2 Å². The third kappa shape index (κ3) is 6.52. The van der Waals surface area contributed by atoms with Gasteiger partial charge >= 0.3 is 11.9 Å². The van der Waals surface area contributed by atoms with Gasteiger partial charge in [0.1, 0.15) is 8.07 Å². The van der Waals surface area contributed by atoms with Gasteiger partial charge in [0.2, 0.25) is 0 Å². The van der Waals surface area contributed by atoms with E-state index in [2.05, 4.69) is 37.2 Å². The number of hydrogen-bond donors (Lipinski definition) is 0. The number of hydrogen-bond acceptors (Lipinski definition) is 4. The van der Waals surface area contributed by atoms with Gasteiger partial charge in [0.25, 0.3) is 0 Å². The van der Waals surface area contributed by atoms with E-state index in [1.165, 1.54) is 12.8 Å². The quantitative estimate of drug-likeness (QED) is 0.220. The second kappa shape index (κ2) is 9.07. The minimum Gasteiger partial charge on any atom is -0.465 e. The molecule has 0 radical (unpaired) electrons. The third-order valence-corrected chi connectivity index (χ3v) is 4.61. The van der Waals surface area contributed by atoms with Crippen LogP contribution in [0.1, 0.15) is 39.5 Å². The molecule has 0 spiro atoms. The maximum atomic E-state index is 12.6. The summed E-state index contributed by atoms with van der Waals surface area (Å²) in [6.07, 6.45) is 6.78. The Labute approximate surface area is 147 Å². The average Bonchev–Trinajstić information content (AvgIpc) is 3.29. The maximum absolute atomic E-state index is 12.6. The normalized spacial score (nSPS) is 14.9. The van der Waals surface area contributed by atoms with Crippen molar-refractivity contribution in [3.63, 3.8) is 0 Å². The van der Waals surface area contributed by atoms with Crippen LogP contribution in [0.2, 0.25) is 19.6 Å². The first-order chi connectivity index (χ1) is 11.2. The molecular formula is C19H30O4Si. The minimum absolute atomic E-state index is 0.143. The molecular weight excluding hydrogens is 320 g/mol. The van der Waals surface area contributed by atoms with Crippen LogP contribution in [0.5, 0.6) is 0 Å². The Balaban J connectivity index is 3.09. The monoisotopic (exact) mass is 350 g/mol. The van der Waals surface area contributed by atoms with Crippen molar-refractivity contribution in [1.82, 2.24) is 0 Å². The number of ether oxygens (including phenoxy) is 2. The first-order valence-electron chi connectivity index (χ1n) is 8.76. The van der Waals surface area contributed by atoms with Crippen LogP contribution in [-0.4, -0.2) is 33.2 Å². The molecule has 5 heteroatoms. The van der Waals surface area contributed by atoms with Gasteiger partial charge < -0.3 is 9.47 Å². The van der Waals surface area contributed by atoms with Crippen molar-refractivity contribution in [3.8, 4) is 11.5 Å². The number of rotatable bonds is 8. The van der Waals surface area contributed by atoms with Gasteiger partial charge in [0.15, 0.2) is 5.41 Å². The third-order valence-electron chi connectivity index (χ3n) is 3.68. The second-order valence-electron chi connectivity index (χ2n) is 7.22. The number of carbonyl (C=O) groups excluding carboxylic acids is 2. The van der Waals surface area contributed by atoms with Crippen molar-refractivity contribution in [1.29, 1.82) is 0 Å². The summed E-state index contributed by atoms with van der Waals surface area (Å²) < 4.78 is 10.4. The molecule has 24 heavy (non-hydrogen) atoms. The van der Waals surface area contributed by atoms with Crippen LogP contribution >= 0.6 is 0 Å². The van der Waals surface area contributed by atoms with Crippen LogP contribution in [0.3, 0.4) is 0 Å². The van der Waals surface area contributed by atoms with E-state index in [1.807, 2.05) is 6.08 Å². The van der Waals surface area contributed by atoms with Crippen LogP contribution in [0.15, 0.2) is 12.2 Å². The molecule has 0 unspecified atom stereocenters. The van der Waals surface area contributed by atoms with E-state index in [9.17, 15) is 9.59 Å². The Morgan fingerprint density at radius 3 is 2.08 bits per heavy atom. The molecule has 4 nitrogen and oxygen atoms in total. The SMILES string of the molecule is CCOC(=O)C(CC#C[Si](C)(C)C)(C/C=C/C1CC1)C(=O)OCC. The molecule has 0 aliphatic heterocycles. The van der Waals surface area contributed by atoms with E-state index in [-0.39, 0.29) is 26.1 Å². The first kappa shape index (κ1) is 20.5. The maximum Gasteiger partial charge on any atom is 0.324 e. The van der Waals surface area contributed by atoms with Gasteiger partial charge in [-0.15, -0.1) is 11.5 Å². The summed E-state index contributed by atoms with van der Waals surface area (Å²) in [6.45, 7) is 10.3. The van der Waals surface area contributed by atoms with Crippen LogP contribution in [0, 0.1) is 22.8 Å². The van der Waals surface area contributed by atoms with Gasteiger partial charge in [-0.05, 0) is 39.0 Å². The Kier molecular flexibility index (Phi) is 7.75. The smallest absolute Gasteiger partial charge is 0.324 e. The topological polar surface area (TPSA) is 52.6 Å². The lowest BCUT2D eigenvalue weighted by Crippen LogP contribution is -2.41. The average molecular weight is 351 g/mol. The molecule has 0 aromatic carbocycles. The summed E-state index contributed by atoms with van der Waals surface area (Å²) in [5, 5.41) is 0. The van der Waals surface area contributed by atoms with Gasteiger partial charge in [0, 0.05) is 6.42 Å². The largest absolute Gasteiger partial charge is 0.465 e. The van der Waals surface area contributed by atoms with E-state index < -0.39 is 25.4 Å². The molecule has 1 saturated carbocycles. The fourth-order valence-electron chi connectivity index (χ4n) is 2.22. The molecule has 0 bridgehead atoms. The van der Waals surface area contributed by atoms with E-state index >= 15 is 0 Å². The van der Waals surface area contributed by atoms with Crippen LogP contribution < -0.4 is 0 Å². The van der Waals surface area contributed by atoms with E-state index in [0.717, 1.165) is 0 Å². The molecule has 0 N–H and O–H groups in total. The zero-order chi connectivity index (χ0) is 18.2. The van der Waals surface area contributed by atoms with Crippen molar-refractivity contribution in [3.05, 3.63) is 12.2 Å². The number of carbonyl (C=O) groups is 2. The van der Waals surface area contributed by atoms with Crippen molar-refractivity contribution >= 4 is 20.0 Å². The Bertz CT molecular complexity index is 512. The Morgan fingerprint density at radius 1 is 1.12 bits per heavy atom. The van der Waals surface area contributed by atoms with Crippen molar-refractivity contribution in [2.24, 2.45) is 11.3 Å². The summed E-state index contributed by atoms with van der Waals surface area (Å²) in [6, 6.07) is 0. The van der Waals surface area contributed by atoms with Crippen molar-refractivity contribution < 1.29 is 19.1 Å². The number of esters is 2. The first-order valence-corrected chi connectivity index (χ1v) is 12.3. The van der Waals surface area contributed by atoms with E-state index in [0.29, 0.717) is 5.92 Å². The van der Waals surface area contributed by atoms with Gasteiger partial charge in [0.05, 0.1) is 13.2 Å². The van der Waals surface area contributed by atoms with Crippen LogP contribution in [-0.2, 0) is 19.1 Å². The molecule has 1 aliphatic carbocycles. The summed E-state index contributed by atoms with van der Waals surface area (Å²) >= 11 is 0. The second-order valence-corrected chi connectivity index (χ2v) is 12.0. The fourth-order valence-corrected chi connectivity index (χ4v) is 2.83. The van der Waals surface area contributed by atoms with Crippen LogP contribution in [0.4, 0.5) is 0 Å². The van der Waals surface area contributed by atoms with Crippen LogP contribution in [0.25, 0.3) is 0 Å². The molecule has 0 aromatic rings. The molecule has 1 fully saturated rings. The lowest BCUT2D eigenvalue weighted by molar-refractivity contribution is -0.171. The van der Waals surface area contributed by atoms with E-state index in [1.54, 1.807) is 13.8 Å². The highest BCUT2D eigenvalue weighted by Crippen LogP contribution is 2.34. The van der Waals surface area contributed by atoms with E-state index in [4.69, 9.17) is 9.47 Å². The number of allylic oxidation sites excluding steroid dienone is 2. The predicted molar refractivity (Wildman–Crippen MR) is 97.9 cm³/mol.